The molecule has 4 heteroatoms. The van der Waals surface area contributed by atoms with E-state index in [9.17, 15) is 4.79 Å². The highest BCUT2D eigenvalue weighted by atomic mass is 32.1. The van der Waals surface area contributed by atoms with Crippen LogP contribution in [0.4, 0.5) is 0 Å². The smallest absolute Gasteiger partial charge is 0.348 e. The summed E-state index contributed by atoms with van der Waals surface area (Å²) in [5.74, 6) is -0.166. The number of ether oxygens (including phenoxy) is 1. The Morgan fingerprint density at radius 1 is 1.39 bits per heavy atom. The molecule has 0 aromatic carbocycles. The summed E-state index contributed by atoms with van der Waals surface area (Å²) in [6.07, 6.45) is 3.34. The van der Waals surface area contributed by atoms with Crippen molar-refractivity contribution < 1.29 is 9.53 Å². The molecule has 0 fully saturated rings. The highest BCUT2D eigenvalue weighted by Crippen LogP contribution is 2.26. The molecule has 1 aliphatic heterocycles. The van der Waals surface area contributed by atoms with Crippen LogP contribution < -0.4 is 0 Å². The second-order valence-electron chi connectivity index (χ2n) is 4.62. The van der Waals surface area contributed by atoms with Gasteiger partial charge >= 0.3 is 5.97 Å². The van der Waals surface area contributed by atoms with Gasteiger partial charge in [-0.25, -0.2) is 4.79 Å². The molecule has 1 aromatic heterocycles. The fraction of sp³-hybridized carbons (Fsp3) is 0.643. The second kappa shape index (κ2) is 6.34. The molecule has 0 amide bonds. The Hall–Kier alpha value is -0.870. The molecule has 100 valence electrons. The monoisotopic (exact) mass is 267 g/mol. The molecule has 0 N–H and O–H groups in total. The van der Waals surface area contributed by atoms with Crippen molar-refractivity contribution in [2.45, 2.75) is 33.1 Å². The van der Waals surface area contributed by atoms with E-state index in [2.05, 4.69) is 11.8 Å². The summed E-state index contributed by atoms with van der Waals surface area (Å²) < 4.78 is 5.06. The maximum atomic E-state index is 11.7. The third kappa shape index (κ3) is 3.12. The Morgan fingerprint density at radius 3 is 2.89 bits per heavy atom. The Labute approximate surface area is 113 Å². The van der Waals surface area contributed by atoms with E-state index in [1.54, 1.807) is 11.3 Å². The van der Waals surface area contributed by atoms with Crippen LogP contribution in [0.3, 0.4) is 0 Å². The lowest BCUT2D eigenvalue weighted by molar-refractivity contribution is 0.0532. The average Bonchev–Trinajstić information content (AvgIpc) is 2.68. The van der Waals surface area contributed by atoms with Gasteiger partial charge in [-0.1, -0.05) is 6.92 Å². The summed E-state index contributed by atoms with van der Waals surface area (Å²) in [5, 5.41) is 0. The largest absolute Gasteiger partial charge is 0.462 e. The molecular weight excluding hydrogens is 246 g/mol. The molecule has 0 unspecified atom stereocenters. The van der Waals surface area contributed by atoms with Gasteiger partial charge in [-0.05, 0) is 44.4 Å². The van der Waals surface area contributed by atoms with E-state index in [-0.39, 0.29) is 5.97 Å². The summed E-state index contributed by atoms with van der Waals surface area (Å²) in [7, 11) is 0. The molecule has 0 bridgehead atoms. The summed E-state index contributed by atoms with van der Waals surface area (Å²) in [5.41, 5.74) is 1.35. The molecule has 0 radical (unpaired) electrons. The molecule has 1 aromatic rings. The van der Waals surface area contributed by atoms with Crippen LogP contribution in [0.2, 0.25) is 0 Å². The predicted molar refractivity (Wildman–Crippen MR) is 74.4 cm³/mol. The van der Waals surface area contributed by atoms with Crippen molar-refractivity contribution in [2.75, 3.05) is 26.2 Å². The Bertz CT molecular complexity index is 388. The zero-order valence-electron chi connectivity index (χ0n) is 11.2. The number of carbonyl (C=O) groups is 1. The third-order valence-electron chi connectivity index (χ3n) is 3.27. The van der Waals surface area contributed by atoms with Gasteiger partial charge in [-0.3, -0.25) is 0 Å². The van der Waals surface area contributed by atoms with Gasteiger partial charge in [0.15, 0.2) is 0 Å². The summed E-state index contributed by atoms with van der Waals surface area (Å²) in [6.45, 7) is 7.92. The first kappa shape index (κ1) is 13.6. The number of thiophene rings is 1. The molecule has 1 aliphatic rings. The minimum Gasteiger partial charge on any atom is -0.462 e. The Kier molecular flexibility index (Phi) is 4.78. The predicted octanol–water partition coefficient (Wildman–Crippen LogP) is 2.74. The topological polar surface area (TPSA) is 29.5 Å². The lowest BCUT2D eigenvalue weighted by Gasteiger charge is -2.18. The first-order valence-corrected chi connectivity index (χ1v) is 7.57. The van der Waals surface area contributed by atoms with E-state index in [0.717, 1.165) is 30.8 Å². The highest BCUT2D eigenvalue weighted by Gasteiger charge is 2.19. The van der Waals surface area contributed by atoms with E-state index in [1.807, 2.05) is 13.0 Å². The van der Waals surface area contributed by atoms with Crippen molar-refractivity contribution in [2.24, 2.45) is 0 Å². The van der Waals surface area contributed by atoms with Crippen molar-refractivity contribution in [1.82, 2.24) is 4.90 Å². The summed E-state index contributed by atoms with van der Waals surface area (Å²) >= 11 is 1.62. The van der Waals surface area contributed by atoms with Crippen molar-refractivity contribution in [3.63, 3.8) is 0 Å². The van der Waals surface area contributed by atoms with Gasteiger partial charge in [0.25, 0.3) is 0 Å². The average molecular weight is 267 g/mol. The molecule has 0 saturated carbocycles. The molecule has 2 rings (SSSR count). The van der Waals surface area contributed by atoms with Crippen LogP contribution in [0.25, 0.3) is 0 Å². The third-order valence-corrected chi connectivity index (χ3v) is 4.48. The van der Waals surface area contributed by atoms with Crippen molar-refractivity contribution in [1.29, 1.82) is 0 Å². The lowest BCUT2D eigenvalue weighted by Crippen LogP contribution is -2.27. The van der Waals surface area contributed by atoms with Crippen molar-refractivity contribution in [3.8, 4) is 0 Å². The summed E-state index contributed by atoms with van der Waals surface area (Å²) in [4.78, 5) is 16.3. The normalized spacial score (nSPS) is 16.1. The van der Waals surface area contributed by atoms with Crippen LogP contribution in [0.15, 0.2) is 6.07 Å². The molecule has 2 heterocycles. The first-order valence-electron chi connectivity index (χ1n) is 6.75. The minimum atomic E-state index is -0.166. The maximum absolute atomic E-state index is 11.7. The van der Waals surface area contributed by atoms with Crippen LogP contribution in [0.5, 0.6) is 0 Å². The van der Waals surface area contributed by atoms with Crippen LogP contribution in [-0.4, -0.2) is 37.1 Å². The number of esters is 1. The Morgan fingerprint density at radius 2 is 2.17 bits per heavy atom. The van der Waals surface area contributed by atoms with E-state index < -0.39 is 0 Å². The van der Waals surface area contributed by atoms with E-state index >= 15 is 0 Å². The summed E-state index contributed by atoms with van der Waals surface area (Å²) in [6, 6.07) is 2.04. The van der Waals surface area contributed by atoms with Gasteiger partial charge in [0.2, 0.25) is 0 Å². The maximum Gasteiger partial charge on any atom is 0.348 e. The lowest BCUT2D eigenvalue weighted by atomic mass is 10.1. The van der Waals surface area contributed by atoms with Gasteiger partial charge in [-0.15, -0.1) is 11.3 Å². The molecule has 3 nitrogen and oxygen atoms in total. The molecule has 18 heavy (non-hydrogen) atoms. The number of hydrogen-bond acceptors (Lipinski definition) is 4. The zero-order chi connectivity index (χ0) is 13.0. The number of rotatable bonds is 4. The van der Waals surface area contributed by atoms with E-state index in [1.165, 1.54) is 23.4 Å². The van der Waals surface area contributed by atoms with Crippen LogP contribution in [0.1, 0.15) is 40.4 Å². The van der Waals surface area contributed by atoms with Crippen LogP contribution in [0, 0.1) is 0 Å². The quantitative estimate of drug-likeness (QED) is 0.786. The zero-order valence-corrected chi connectivity index (χ0v) is 12.0. The fourth-order valence-electron chi connectivity index (χ4n) is 2.38. The molecule has 0 saturated heterocycles. The minimum absolute atomic E-state index is 0.166. The van der Waals surface area contributed by atoms with Gasteiger partial charge < -0.3 is 9.64 Å². The fourth-order valence-corrected chi connectivity index (χ4v) is 3.48. The van der Waals surface area contributed by atoms with Crippen molar-refractivity contribution >= 4 is 17.3 Å². The van der Waals surface area contributed by atoms with Crippen LogP contribution >= 0.6 is 11.3 Å². The van der Waals surface area contributed by atoms with Gasteiger partial charge in [0.05, 0.1) is 6.61 Å². The van der Waals surface area contributed by atoms with Crippen LogP contribution in [-0.2, 0) is 17.6 Å². The number of fused-ring (bicyclic) bond motifs is 1. The number of carbonyl (C=O) groups excluding carboxylic acids is 1. The first-order chi connectivity index (χ1) is 8.74. The molecular formula is C14H21NO2S. The SMILES string of the molecule is CCCN1CCc2cc(C(=O)OCC)sc2CC1. The molecule has 0 spiro atoms. The van der Waals surface area contributed by atoms with E-state index in [0.29, 0.717) is 6.61 Å². The number of nitrogens with zero attached hydrogens (tertiary/aromatic N) is 1. The Balaban J connectivity index is 2.05. The van der Waals surface area contributed by atoms with Gasteiger partial charge in [-0.2, -0.15) is 0 Å². The molecule has 0 atom stereocenters. The number of hydrogen-bond donors (Lipinski definition) is 0. The highest BCUT2D eigenvalue weighted by molar-refractivity contribution is 7.14. The van der Waals surface area contributed by atoms with E-state index in [4.69, 9.17) is 4.74 Å². The van der Waals surface area contributed by atoms with Gasteiger partial charge in [0, 0.05) is 18.0 Å². The molecule has 0 aliphatic carbocycles. The van der Waals surface area contributed by atoms with Gasteiger partial charge in [0.1, 0.15) is 4.88 Å². The van der Waals surface area contributed by atoms with Crippen molar-refractivity contribution in [3.05, 3.63) is 21.4 Å². The second-order valence-corrected chi connectivity index (χ2v) is 5.76. The standard InChI is InChI=1S/C14H21NO2S/c1-3-7-15-8-5-11-10-13(14(16)17-4-2)18-12(11)6-9-15/h10H,3-9H2,1-2H3.